The molecule has 1 saturated heterocycles. The van der Waals surface area contributed by atoms with Crippen LogP contribution in [0.2, 0.25) is 0 Å². The number of thiophene rings is 1. The molecule has 1 aliphatic rings. The summed E-state index contributed by atoms with van der Waals surface area (Å²) in [6.45, 7) is 2.30. The monoisotopic (exact) mass is 215 g/mol. The lowest BCUT2D eigenvalue weighted by molar-refractivity contribution is 0.263. The lowest BCUT2D eigenvalue weighted by atomic mass is 10.2. The fourth-order valence-corrected chi connectivity index (χ4v) is 2.90. The first-order valence-electron chi connectivity index (χ1n) is 4.71. The fourth-order valence-electron chi connectivity index (χ4n) is 1.90. The van der Waals surface area contributed by atoms with E-state index < -0.39 is 0 Å². The van der Waals surface area contributed by atoms with E-state index >= 15 is 0 Å². The molecule has 1 aliphatic heterocycles. The van der Waals surface area contributed by atoms with E-state index in [0.29, 0.717) is 6.04 Å². The molecule has 1 unspecified atom stereocenters. The third-order valence-corrected chi connectivity index (χ3v) is 3.73. The second-order valence-electron chi connectivity index (χ2n) is 3.55. The molecule has 0 aromatic carbocycles. The predicted molar refractivity (Wildman–Crippen MR) is 58.5 cm³/mol. The first-order chi connectivity index (χ1) is 6.40. The van der Waals surface area contributed by atoms with Crippen LogP contribution in [0.25, 0.3) is 0 Å². The molecular weight excluding hydrogens is 202 g/mol. The molecule has 1 atom stereocenters. The van der Waals surface area contributed by atoms with Crippen LogP contribution in [-0.2, 0) is 6.54 Å². The van der Waals surface area contributed by atoms with E-state index in [4.69, 9.17) is 11.6 Å². The largest absolute Gasteiger partial charge is 0.295 e. The molecule has 0 aliphatic carbocycles. The van der Waals surface area contributed by atoms with Crippen LogP contribution in [0.5, 0.6) is 0 Å². The second-order valence-corrected chi connectivity index (χ2v) is 4.64. The highest BCUT2D eigenvalue weighted by atomic mass is 35.5. The summed E-state index contributed by atoms with van der Waals surface area (Å²) in [5.74, 6) is 0.782. The Morgan fingerprint density at radius 3 is 3.23 bits per heavy atom. The van der Waals surface area contributed by atoms with E-state index in [1.54, 1.807) is 11.3 Å². The lowest BCUT2D eigenvalue weighted by Gasteiger charge is -2.21. The highest BCUT2D eigenvalue weighted by molar-refractivity contribution is 7.07. The predicted octanol–water partition coefficient (Wildman–Crippen LogP) is 2.95. The van der Waals surface area contributed by atoms with Crippen LogP contribution < -0.4 is 0 Å². The summed E-state index contributed by atoms with van der Waals surface area (Å²) in [6, 6.07) is 2.82. The van der Waals surface area contributed by atoms with Gasteiger partial charge in [0.1, 0.15) is 0 Å². The van der Waals surface area contributed by atoms with Crippen molar-refractivity contribution in [3.63, 3.8) is 0 Å². The molecule has 0 amide bonds. The van der Waals surface area contributed by atoms with Crippen molar-refractivity contribution < 1.29 is 0 Å². The summed E-state index contributed by atoms with van der Waals surface area (Å²) in [4.78, 5) is 2.50. The van der Waals surface area contributed by atoms with Gasteiger partial charge in [-0.3, -0.25) is 4.90 Å². The van der Waals surface area contributed by atoms with E-state index in [1.165, 1.54) is 24.9 Å². The summed E-state index contributed by atoms with van der Waals surface area (Å²) in [5, 5.41) is 4.37. The Labute approximate surface area is 88.3 Å². The van der Waals surface area contributed by atoms with Crippen molar-refractivity contribution in [1.82, 2.24) is 4.90 Å². The van der Waals surface area contributed by atoms with Crippen LogP contribution >= 0.6 is 22.9 Å². The number of rotatable bonds is 3. The summed E-state index contributed by atoms with van der Waals surface area (Å²) in [6.07, 6.45) is 2.58. The molecule has 72 valence electrons. The SMILES string of the molecule is ClCC1CCCN1Cc1ccsc1. The van der Waals surface area contributed by atoms with Crippen molar-refractivity contribution >= 4 is 22.9 Å². The quantitative estimate of drug-likeness (QED) is 0.701. The summed E-state index contributed by atoms with van der Waals surface area (Å²) < 4.78 is 0. The fraction of sp³-hybridized carbons (Fsp3) is 0.600. The molecule has 1 aromatic rings. The second kappa shape index (κ2) is 4.45. The highest BCUT2D eigenvalue weighted by Gasteiger charge is 2.23. The molecule has 3 heteroatoms. The van der Waals surface area contributed by atoms with Gasteiger partial charge in [0.05, 0.1) is 0 Å². The van der Waals surface area contributed by atoms with Gasteiger partial charge in [-0.1, -0.05) is 0 Å². The number of hydrogen-bond donors (Lipinski definition) is 0. The van der Waals surface area contributed by atoms with Crippen molar-refractivity contribution in [2.45, 2.75) is 25.4 Å². The average molecular weight is 216 g/mol. The highest BCUT2D eigenvalue weighted by Crippen LogP contribution is 2.21. The average Bonchev–Trinajstić information content (AvgIpc) is 2.76. The smallest absolute Gasteiger partial charge is 0.0379 e. The van der Waals surface area contributed by atoms with Crippen molar-refractivity contribution in [1.29, 1.82) is 0 Å². The maximum atomic E-state index is 5.90. The van der Waals surface area contributed by atoms with Gasteiger partial charge in [-0.05, 0) is 41.8 Å². The van der Waals surface area contributed by atoms with E-state index in [2.05, 4.69) is 21.7 Å². The van der Waals surface area contributed by atoms with Gasteiger partial charge in [0.15, 0.2) is 0 Å². The Kier molecular flexibility index (Phi) is 3.25. The summed E-state index contributed by atoms with van der Waals surface area (Å²) >= 11 is 7.68. The Bertz CT molecular complexity index is 247. The standard InChI is InChI=1S/C10H14ClNS/c11-6-10-2-1-4-12(10)7-9-3-5-13-8-9/h3,5,8,10H,1-2,4,6-7H2. The third-order valence-electron chi connectivity index (χ3n) is 2.64. The molecule has 0 radical (unpaired) electrons. The third kappa shape index (κ3) is 2.25. The van der Waals surface area contributed by atoms with Crippen LogP contribution in [0.1, 0.15) is 18.4 Å². The van der Waals surface area contributed by atoms with E-state index in [0.717, 1.165) is 12.4 Å². The van der Waals surface area contributed by atoms with Gasteiger partial charge in [-0.15, -0.1) is 11.6 Å². The minimum Gasteiger partial charge on any atom is -0.295 e. The zero-order chi connectivity index (χ0) is 9.10. The molecule has 0 N–H and O–H groups in total. The van der Waals surface area contributed by atoms with Gasteiger partial charge in [0.2, 0.25) is 0 Å². The summed E-state index contributed by atoms with van der Waals surface area (Å²) in [5.41, 5.74) is 1.43. The van der Waals surface area contributed by atoms with Crippen LogP contribution in [0.15, 0.2) is 16.8 Å². The Morgan fingerprint density at radius 2 is 2.54 bits per heavy atom. The molecule has 1 nitrogen and oxygen atoms in total. The number of alkyl halides is 1. The molecule has 0 spiro atoms. The van der Waals surface area contributed by atoms with Crippen molar-refractivity contribution in [3.05, 3.63) is 22.4 Å². The maximum absolute atomic E-state index is 5.90. The summed E-state index contributed by atoms with van der Waals surface area (Å²) in [7, 11) is 0. The number of nitrogens with zero attached hydrogens (tertiary/aromatic N) is 1. The Morgan fingerprint density at radius 1 is 1.62 bits per heavy atom. The Hall–Kier alpha value is -0.0500. The topological polar surface area (TPSA) is 3.24 Å². The normalized spacial score (nSPS) is 23.9. The van der Waals surface area contributed by atoms with E-state index in [1.807, 2.05) is 0 Å². The van der Waals surface area contributed by atoms with E-state index in [-0.39, 0.29) is 0 Å². The van der Waals surface area contributed by atoms with Crippen LogP contribution in [-0.4, -0.2) is 23.4 Å². The molecular formula is C10H14ClNS. The Balaban J connectivity index is 1.94. The van der Waals surface area contributed by atoms with Gasteiger partial charge >= 0.3 is 0 Å². The molecule has 0 saturated carbocycles. The zero-order valence-electron chi connectivity index (χ0n) is 7.58. The van der Waals surface area contributed by atoms with Gasteiger partial charge < -0.3 is 0 Å². The van der Waals surface area contributed by atoms with Crippen molar-refractivity contribution in [2.24, 2.45) is 0 Å². The molecule has 2 heterocycles. The molecule has 1 fully saturated rings. The number of halogens is 1. The lowest BCUT2D eigenvalue weighted by Crippen LogP contribution is -2.29. The van der Waals surface area contributed by atoms with Gasteiger partial charge in [0.25, 0.3) is 0 Å². The van der Waals surface area contributed by atoms with Crippen molar-refractivity contribution in [2.75, 3.05) is 12.4 Å². The zero-order valence-corrected chi connectivity index (χ0v) is 9.15. The van der Waals surface area contributed by atoms with Gasteiger partial charge in [-0.25, -0.2) is 0 Å². The van der Waals surface area contributed by atoms with Crippen LogP contribution in [0.4, 0.5) is 0 Å². The number of hydrogen-bond acceptors (Lipinski definition) is 2. The van der Waals surface area contributed by atoms with Gasteiger partial charge in [0, 0.05) is 18.5 Å². The minimum atomic E-state index is 0.613. The number of likely N-dealkylation sites (tertiary alicyclic amines) is 1. The molecule has 2 rings (SSSR count). The first-order valence-corrected chi connectivity index (χ1v) is 6.19. The van der Waals surface area contributed by atoms with Crippen molar-refractivity contribution in [3.8, 4) is 0 Å². The maximum Gasteiger partial charge on any atom is 0.0379 e. The molecule has 13 heavy (non-hydrogen) atoms. The van der Waals surface area contributed by atoms with E-state index in [9.17, 15) is 0 Å². The minimum absolute atomic E-state index is 0.613. The van der Waals surface area contributed by atoms with Crippen LogP contribution in [0.3, 0.4) is 0 Å². The molecule has 1 aromatic heterocycles. The van der Waals surface area contributed by atoms with Gasteiger partial charge in [-0.2, -0.15) is 11.3 Å². The van der Waals surface area contributed by atoms with Crippen LogP contribution in [0, 0.1) is 0 Å². The molecule has 0 bridgehead atoms. The first kappa shape index (κ1) is 9.50.